The number of nitrogens with zero attached hydrogens (tertiary/aromatic N) is 5. The molecule has 0 saturated heterocycles. The maximum Gasteiger partial charge on any atom is 0.389 e. The van der Waals surface area contributed by atoms with Crippen molar-refractivity contribution in [1.29, 1.82) is 0 Å². The molecule has 1 N–H and O–H groups in total. The summed E-state index contributed by atoms with van der Waals surface area (Å²) in [5, 5.41) is 2.73. The number of ether oxygens (including phenoxy) is 1. The van der Waals surface area contributed by atoms with Crippen molar-refractivity contribution in [2.75, 3.05) is 13.2 Å². The molecule has 0 radical (unpaired) electrons. The van der Waals surface area contributed by atoms with E-state index in [1.165, 1.54) is 11.0 Å². The van der Waals surface area contributed by atoms with E-state index in [-0.39, 0.29) is 18.8 Å². The third-order valence-electron chi connectivity index (χ3n) is 6.75. The summed E-state index contributed by atoms with van der Waals surface area (Å²) in [6.45, 7) is 11.6. The molecule has 0 spiro atoms. The van der Waals surface area contributed by atoms with Crippen LogP contribution in [0.25, 0.3) is 17.1 Å². The zero-order chi connectivity index (χ0) is 28.9. The molecule has 9 nitrogen and oxygen atoms in total. The monoisotopic (exact) mass is 560 g/mol. The van der Waals surface area contributed by atoms with Crippen molar-refractivity contribution in [3.63, 3.8) is 0 Å². The highest BCUT2D eigenvalue weighted by molar-refractivity contribution is 5.75. The SMILES string of the molecule is C=CCCOc1nc(-c2oc([C@@H](C)N(CC)C(=O)N[C@H](CC=C)CCC(F)(F)F)nc2C2CC2)cn2ccnc12. The molecule has 1 fully saturated rings. The molecule has 1 aliphatic carbocycles. The van der Waals surface area contributed by atoms with Crippen molar-refractivity contribution >= 4 is 11.7 Å². The van der Waals surface area contributed by atoms with Crippen molar-refractivity contribution in [3.8, 4) is 17.3 Å². The minimum atomic E-state index is -4.31. The molecule has 12 heteroatoms. The molecular weight excluding hydrogens is 525 g/mol. The first kappa shape index (κ1) is 29.2. The molecule has 4 rings (SSSR count). The largest absolute Gasteiger partial charge is 0.475 e. The minimum Gasteiger partial charge on any atom is -0.475 e. The summed E-state index contributed by atoms with van der Waals surface area (Å²) in [6.07, 6.45) is 5.77. The standard InChI is InChI=1S/C28H35F3N6O3/c1-5-8-16-39-26-24-32-14-15-36(24)17-21(34-26)23-22(19-10-11-19)35-25(40-23)18(4)37(7-3)27(38)33-20(9-6-2)12-13-28(29,30)31/h5-6,14-15,17-20H,1-2,7-13,16H2,3-4H3,(H,33,38)/t18-,20-/m1/s1. The molecule has 0 bridgehead atoms. The van der Waals surface area contributed by atoms with Gasteiger partial charge in [0.25, 0.3) is 5.88 Å². The second-order valence-corrected chi connectivity index (χ2v) is 9.84. The number of alkyl halides is 3. The van der Waals surface area contributed by atoms with Crippen molar-refractivity contribution in [2.45, 2.75) is 76.6 Å². The van der Waals surface area contributed by atoms with Crippen molar-refractivity contribution in [2.24, 2.45) is 0 Å². The van der Waals surface area contributed by atoms with Gasteiger partial charge in [-0.05, 0) is 46.0 Å². The van der Waals surface area contributed by atoms with Crippen LogP contribution in [0.4, 0.5) is 18.0 Å². The number of carbonyl (C=O) groups excluding carboxylic acids is 1. The van der Waals surface area contributed by atoms with Gasteiger partial charge in [-0.15, -0.1) is 13.2 Å². The summed E-state index contributed by atoms with van der Waals surface area (Å²) >= 11 is 0. The number of hydrogen-bond donors (Lipinski definition) is 1. The van der Waals surface area contributed by atoms with Gasteiger partial charge >= 0.3 is 12.2 Å². The number of urea groups is 1. The molecule has 0 aliphatic heterocycles. The lowest BCUT2D eigenvalue weighted by Crippen LogP contribution is -2.46. The van der Waals surface area contributed by atoms with Gasteiger partial charge in [0, 0.05) is 43.5 Å². The average molecular weight is 561 g/mol. The lowest BCUT2D eigenvalue weighted by molar-refractivity contribution is -0.136. The predicted molar refractivity (Wildman–Crippen MR) is 144 cm³/mol. The smallest absolute Gasteiger partial charge is 0.389 e. The maximum absolute atomic E-state index is 13.2. The summed E-state index contributed by atoms with van der Waals surface area (Å²) in [6, 6.07) is -1.77. The fourth-order valence-electron chi connectivity index (χ4n) is 4.47. The van der Waals surface area contributed by atoms with E-state index in [1.54, 1.807) is 42.9 Å². The summed E-state index contributed by atoms with van der Waals surface area (Å²) < 4.78 is 52.3. The number of nitrogens with one attached hydrogen (secondary N) is 1. The molecule has 40 heavy (non-hydrogen) atoms. The van der Waals surface area contributed by atoms with Gasteiger partial charge in [0.05, 0.1) is 12.3 Å². The van der Waals surface area contributed by atoms with Crippen LogP contribution in [0.5, 0.6) is 5.88 Å². The Morgan fingerprint density at radius 2 is 2.10 bits per heavy atom. The van der Waals surface area contributed by atoms with Crippen molar-refractivity contribution in [3.05, 3.63) is 55.5 Å². The second-order valence-electron chi connectivity index (χ2n) is 9.84. The van der Waals surface area contributed by atoms with Crippen LogP contribution in [-0.2, 0) is 0 Å². The Morgan fingerprint density at radius 3 is 2.75 bits per heavy atom. The highest BCUT2D eigenvalue weighted by atomic mass is 19.4. The number of hydrogen-bond acceptors (Lipinski definition) is 6. The van der Waals surface area contributed by atoms with Gasteiger partial charge in [0.1, 0.15) is 11.7 Å². The Labute approximate surface area is 231 Å². The maximum atomic E-state index is 13.2. The van der Waals surface area contributed by atoms with Crippen LogP contribution in [0.2, 0.25) is 0 Å². The first-order valence-corrected chi connectivity index (χ1v) is 13.5. The number of aromatic nitrogens is 4. The molecule has 2 amide bonds. The van der Waals surface area contributed by atoms with Gasteiger partial charge in [-0.3, -0.25) is 0 Å². The number of rotatable bonds is 14. The number of fused-ring (bicyclic) bond motifs is 1. The molecule has 3 aromatic heterocycles. The van der Waals surface area contributed by atoms with Gasteiger partial charge in [-0.2, -0.15) is 13.2 Å². The number of halogens is 3. The van der Waals surface area contributed by atoms with Crippen molar-refractivity contribution < 1.29 is 27.1 Å². The van der Waals surface area contributed by atoms with E-state index in [4.69, 9.17) is 19.1 Å². The fourth-order valence-corrected chi connectivity index (χ4v) is 4.47. The summed E-state index contributed by atoms with van der Waals surface area (Å²) in [7, 11) is 0. The molecule has 3 heterocycles. The molecular formula is C28H35F3N6O3. The molecule has 0 aromatic carbocycles. The highest BCUT2D eigenvalue weighted by Gasteiger charge is 2.35. The van der Waals surface area contributed by atoms with Gasteiger partial charge in [-0.25, -0.2) is 19.7 Å². The van der Waals surface area contributed by atoms with E-state index < -0.39 is 30.7 Å². The number of imidazole rings is 1. The van der Waals surface area contributed by atoms with E-state index in [2.05, 4.69) is 23.5 Å². The fraction of sp³-hybridized carbons (Fsp3) is 0.500. The lowest BCUT2D eigenvalue weighted by Gasteiger charge is -2.28. The molecule has 1 aliphatic rings. The van der Waals surface area contributed by atoms with Gasteiger partial charge in [0.15, 0.2) is 5.76 Å². The van der Waals surface area contributed by atoms with Crippen LogP contribution in [0.1, 0.15) is 75.9 Å². The zero-order valence-electron chi connectivity index (χ0n) is 22.8. The van der Waals surface area contributed by atoms with E-state index >= 15 is 0 Å². The van der Waals surface area contributed by atoms with Crippen LogP contribution >= 0.6 is 0 Å². The summed E-state index contributed by atoms with van der Waals surface area (Å²) in [4.78, 5) is 28.5. The second kappa shape index (κ2) is 12.6. The van der Waals surface area contributed by atoms with Gasteiger partial charge in [0.2, 0.25) is 11.5 Å². The molecule has 0 unspecified atom stereocenters. The van der Waals surface area contributed by atoms with Gasteiger partial charge < -0.3 is 23.8 Å². The van der Waals surface area contributed by atoms with Crippen LogP contribution in [0, 0.1) is 0 Å². The molecule has 2 atom stereocenters. The van der Waals surface area contributed by atoms with Crippen LogP contribution in [0.3, 0.4) is 0 Å². The Kier molecular flexibility index (Phi) is 9.16. The Balaban J connectivity index is 1.59. The van der Waals surface area contributed by atoms with E-state index in [9.17, 15) is 18.0 Å². The topological polar surface area (TPSA) is 97.8 Å². The normalized spacial score (nSPS) is 15.0. The predicted octanol–water partition coefficient (Wildman–Crippen LogP) is 6.60. The lowest BCUT2D eigenvalue weighted by atomic mass is 10.1. The number of oxazole rings is 1. The molecule has 1 saturated carbocycles. The number of amides is 2. The van der Waals surface area contributed by atoms with E-state index in [1.807, 2.05) is 0 Å². The summed E-state index contributed by atoms with van der Waals surface area (Å²) in [5.74, 6) is 1.40. The average Bonchev–Trinajstić information content (AvgIpc) is 3.46. The summed E-state index contributed by atoms with van der Waals surface area (Å²) in [5.41, 5.74) is 1.86. The quantitative estimate of drug-likeness (QED) is 0.176. The van der Waals surface area contributed by atoms with Crippen LogP contribution in [-0.4, -0.2) is 55.7 Å². The first-order chi connectivity index (χ1) is 19.1. The Hall–Kier alpha value is -3.83. The highest BCUT2D eigenvalue weighted by Crippen LogP contribution is 2.45. The number of carbonyl (C=O) groups is 1. The van der Waals surface area contributed by atoms with E-state index in [0.29, 0.717) is 48.4 Å². The first-order valence-electron chi connectivity index (χ1n) is 13.5. The van der Waals surface area contributed by atoms with Crippen LogP contribution < -0.4 is 10.1 Å². The Morgan fingerprint density at radius 1 is 1.32 bits per heavy atom. The molecule has 3 aromatic rings. The van der Waals surface area contributed by atoms with Crippen molar-refractivity contribution in [1.82, 2.24) is 29.6 Å². The van der Waals surface area contributed by atoms with E-state index in [0.717, 1.165) is 18.5 Å². The Bertz CT molecular complexity index is 1330. The zero-order valence-corrected chi connectivity index (χ0v) is 22.8. The van der Waals surface area contributed by atoms with Crippen LogP contribution in [0.15, 0.2) is 48.3 Å². The third kappa shape index (κ3) is 7.02. The third-order valence-corrected chi connectivity index (χ3v) is 6.75. The minimum absolute atomic E-state index is 0.216. The van der Waals surface area contributed by atoms with Gasteiger partial charge in [-0.1, -0.05) is 12.2 Å². The molecule has 216 valence electrons.